The van der Waals surface area contributed by atoms with Gasteiger partial charge in [-0.2, -0.15) is 0 Å². The molecule has 8 heteroatoms. The molecule has 124 valence electrons. The Morgan fingerprint density at radius 2 is 1.83 bits per heavy atom. The van der Waals surface area contributed by atoms with Gasteiger partial charge in [0.05, 0.1) is 12.7 Å². The molecule has 0 saturated heterocycles. The van der Waals surface area contributed by atoms with Gasteiger partial charge in [-0.1, -0.05) is 12.1 Å². The van der Waals surface area contributed by atoms with Crippen molar-refractivity contribution in [2.45, 2.75) is 18.9 Å². The van der Waals surface area contributed by atoms with Gasteiger partial charge in [0.1, 0.15) is 0 Å². The molecule has 1 fully saturated rings. The van der Waals surface area contributed by atoms with Crippen LogP contribution in [-0.4, -0.2) is 44.0 Å². The number of imide groups is 1. The summed E-state index contributed by atoms with van der Waals surface area (Å²) in [5, 5.41) is 7.71. The molecule has 4 amide bonds. The van der Waals surface area contributed by atoms with Crippen molar-refractivity contribution < 1.29 is 19.3 Å². The molecule has 0 spiro atoms. The standard InChI is InChI=1S/C15H19BrN4O3/c1-20(9-14(22)19-15(23)17-10-6-7-10)8-13(21)18-12-5-3-2-4-11(12)16/h2-5,10H,6-9H2,1H3,(H,18,21)(H2,17,19,22,23)/p+1. The first kappa shape index (κ1) is 17.4. The zero-order valence-corrected chi connectivity index (χ0v) is 14.4. The summed E-state index contributed by atoms with van der Waals surface area (Å²) >= 11 is 3.35. The Morgan fingerprint density at radius 3 is 2.48 bits per heavy atom. The second kappa shape index (κ2) is 8.07. The van der Waals surface area contributed by atoms with E-state index in [2.05, 4.69) is 31.9 Å². The molecule has 1 unspecified atom stereocenters. The molecule has 0 aromatic heterocycles. The minimum absolute atomic E-state index is 0.0431. The van der Waals surface area contributed by atoms with Crippen LogP contribution in [0.1, 0.15) is 12.8 Å². The summed E-state index contributed by atoms with van der Waals surface area (Å²) < 4.78 is 0.792. The first-order valence-corrected chi connectivity index (χ1v) is 8.19. The largest absolute Gasteiger partial charge is 0.335 e. The van der Waals surface area contributed by atoms with E-state index >= 15 is 0 Å². The fourth-order valence-electron chi connectivity index (χ4n) is 1.99. The summed E-state index contributed by atoms with van der Waals surface area (Å²) in [4.78, 5) is 35.8. The van der Waals surface area contributed by atoms with E-state index in [0.717, 1.165) is 17.3 Å². The van der Waals surface area contributed by atoms with E-state index in [1.165, 1.54) is 0 Å². The van der Waals surface area contributed by atoms with Crippen LogP contribution in [0.2, 0.25) is 0 Å². The Kier molecular flexibility index (Phi) is 6.12. The highest BCUT2D eigenvalue weighted by molar-refractivity contribution is 9.10. The van der Waals surface area contributed by atoms with Crippen LogP contribution in [0.15, 0.2) is 28.7 Å². The lowest BCUT2D eigenvalue weighted by atomic mass is 10.3. The molecule has 7 nitrogen and oxygen atoms in total. The van der Waals surface area contributed by atoms with Crippen LogP contribution in [0.3, 0.4) is 0 Å². The van der Waals surface area contributed by atoms with E-state index in [0.29, 0.717) is 10.6 Å². The highest BCUT2D eigenvalue weighted by Gasteiger charge is 2.24. The van der Waals surface area contributed by atoms with Crippen molar-refractivity contribution >= 4 is 39.5 Å². The Morgan fingerprint density at radius 1 is 1.17 bits per heavy atom. The van der Waals surface area contributed by atoms with Gasteiger partial charge in [-0.05, 0) is 40.9 Å². The summed E-state index contributed by atoms with van der Waals surface area (Å²) in [6.45, 7) is 0.167. The van der Waals surface area contributed by atoms with Gasteiger partial charge in [0.15, 0.2) is 13.1 Å². The Bertz CT molecular complexity index is 604. The van der Waals surface area contributed by atoms with Gasteiger partial charge in [-0.15, -0.1) is 0 Å². The number of hydrogen-bond acceptors (Lipinski definition) is 3. The summed E-state index contributed by atoms with van der Waals surface area (Å²) in [6.07, 6.45) is 1.92. The molecule has 1 aromatic rings. The molecule has 0 bridgehead atoms. The van der Waals surface area contributed by atoms with E-state index in [1.807, 2.05) is 18.2 Å². The Labute approximate surface area is 142 Å². The Hall–Kier alpha value is -1.93. The number of carbonyl (C=O) groups excluding carboxylic acids is 3. The molecule has 0 radical (unpaired) electrons. The summed E-state index contributed by atoms with van der Waals surface area (Å²) in [5.41, 5.74) is 0.679. The van der Waals surface area contributed by atoms with Crippen molar-refractivity contribution in [2.75, 3.05) is 25.5 Å². The number of urea groups is 1. The minimum atomic E-state index is -0.469. The normalized spacial score (nSPS) is 14.7. The minimum Gasteiger partial charge on any atom is -0.335 e. The maximum absolute atomic E-state index is 12.0. The predicted octanol–water partition coefficient (Wildman–Crippen LogP) is -0.109. The van der Waals surface area contributed by atoms with Crippen molar-refractivity contribution in [1.82, 2.24) is 10.6 Å². The number of para-hydroxylation sites is 1. The van der Waals surface area contributed by atoms with Crippen molar-refractivity contribution in [3.05, 3.63) is 28.7 Å². The number of nitrogens with one attached hydrogen (secondary N) is 4. The fourth-order valence-corrected chi connectivity index (χ4v) is 2.37. The van der Waals surface area contributed by atoms with E-state index in [-0.39, 0.29) is 25.0 Å². The molecule has 23 heavy (non-hydrogen) atoms. The van der Waals surface area contributed by atoms with Crippen molar-refractivity contribution in [2.24, 2.45) is 0 Å². The number of carbonyl (C=O) groups is 3. The second-order valence-corrected chi connectivity index (χ2v) is 6.49. The van der Waals surface area contributed by atoms with Gasteiger partial charge in [0, 0.05) is 10.5 Å². The lowest BCUT2D eigenvalue weighted by Crippen LogP contribution is -3.11. The van der Waals surface area contributed by atoms with Gasteiger partial charge in [-0.3, -0.25) is 14.9 Å². The average Bonchev–Trinajstić information content (AvgIpc) is 3.24. The maximum Gasteiger partial charge on any atom is 0.321 e. The number of quaternary nitrogens is 1. The lowest BCUT2D eigenvalue weighted by molar-refractivity contribution is -0.862. The van der Waals surface area contributed by atoms with Crippen molar-refractivity contribution in [3.8, 4) is 0 Å². The van der Waals surface area contributed by atoms with Crippen molar-refractivity contribution in [3.63, 3.8) is 0 Å². The Balaban J connectivity index is 1.71. The number of amides is 4. The highest BCUT2D eigenvalue weighted by atomic mass is 79.9. The molecule has 1 aromatic carbocycles. The number of hydrogen-bond donors (Lipinski definition) is 4. The summed E-state index contributed by atoms with van der Waals surface area (Å²) in [6, 6.07) is 7.02. The average molecular weight is 384 g/mol. The number of rotatable bonds is 6. The third-order valence-electron chi connectivity index (χ3n) is 3.24. The number of anilines is 1. The third-order valence-corrected chi connectivity index (χ3v) is 3.93. The summed E-state index contributed by atoms with van der Waals surface area (Å²) in [5.74, 6) is -0.612. The smallest absolute Gasteiger partial charge is 0.321 e. The van der Waals surface area contributed by atoms with Crippen LogP contribution in [0.4, 0.5) is 10.5 Å². The van der Waals surface area contributed by atoms with Crippen LogP contribution in [0.25, 0.3) is 0 Å². The zero-order valence-electron chi connectivity index (χ0n) is 12.8. The van der Waals surface area contributed by atoms with E-state index in [9.17, 15) is 14.4 Å². The van der Waals surface area contributed by atoms with Gasteiger partial charge < -0.3 is 15.5 Å². The molecule has 4 N–H and O–H groups in total. The topological polar surface area (TPSA) is 91.7 Å². The molecule has 0 heterocycles. The molecule has 1 saturated carbocycles. The van der Waals surface area contributed by atoms with Gasteiger partial charge >= 0.3 is 6.03 Å². The van der Waals surface area contributed by atoms with Crippen LogP contribution >= 0.6 is 15.9 Å². The first-order valence-electron chi connectivity index (χ1n) is 7.40. The monoisotopic (exact) mass is 383 g/mol. The van der Waals surface area contributed by atoms with Gasteiger partial charge in [0.2, 0.25) is 0 Å². The SMILES string of the molecule is C[NH+](CC(=O)NC(=O)NC1CC1)CC(=O)Nc1ccccc1Br. The molecule has 1 aliphatic rings. The quantitative estimate of drug-likeness (QED) is 0.552. The maximum atomic E-state index is 12.0. The number of halogens is 1. The molecule has 0 aliphatic heterocycles. The van der Waals surface area contributed by atoms with Crippen LogP contribution in [0, 0.1) is 0 Å². The van der Waals surface area contributed by atoms with Gasteiger partial charge in [-0.25, -0.2) is 4.79 Å². The predicted molar refractivity (Wildman–Crippen MR) is 89.1 cm³/mol. The van der Waals surface area contributed by atoms with Crippen LogP contribution in [-0.2, 0) is 9.59 Å². The van der Waals surface area contributed by atoms with Gasteiger partial charge in [0.25, 0.3) is 11.8 Å². The van der Waals surface area contributed by atoms with E-state index in [4.69, 9.17) is 0 Å². The second-order valence-electron chi connectivity index (χ2n) is 5.63. The first-order chi connectivity index (χ1) is 10.9. The number of likely N-dealkylation sites (N-methyl/N-ethyl adjacent to an activating group) is 1. The molecular formula is C15H20BrN4O3+. The number of benzene rings is 1. The zero-order chi connectivity index (χ0) is 16.8. The highest BCUT2D eigenvalue weighted by Crippen LogP contribution is 2.20. The van der Waals surface area contributed by atoms with Crippen LogP contribution in [0.5, 0.6) is 0 Å². The molecule has 1 atom stereocenters. The molecule has 2 rings (SSSR count). The third kappa shape index (κ3) is 6.37. The van der Waals surface area contributed by atoms with Crippen LogP contribution < -0.4 is 20.9 Å². The molecular weight excluding hydrogens is 364 g/mol. The van der Waals surface area contributed by atoms with Crippen molar-refractivity contribution in [1.29, 1.82) is 0 Å². The lowest BCUT2D eigenvalue weighted by Gasteiger charge is -2.14. The molecule has 1 aliphatic carbocycles. The fraction of sp³-hybridized carbons (Fsp3) is 0.400. The van der Waals surface area contributed by atoms with E-state index < -0.39 is 11.9 Å². The van der Waals surface area contributed by atoms with E-state index in [1.54, 1.807) is 13.1 Å². The summed E-state index contributed by atoms with van der Waals surface area (Å²) in [7, 11) is 1.72.